The van der Waals surface area contributed by atoms with E-state index in [2.05, 4.69) is 28.2 Å². The summed E-state index contributed by atoms with van der Waals surface area (Å²) in [6, 6.07) is 0.184. The molecule has 2 amide bonds. The Morgan fingerprint density at radius 3 is 2.42 bits per heavy atom. The SMILES string of the molecule is CC1CNC(C(=O)NCCC(=O)NC(C)(C)C)CN1. The third-order valence-corrected chi connectivity index (χ3v) is 2.82. The first kappa shape index (κ1) is 15.9. The van der Waals surface area contributed by atoms with E-state index in [0.717, 1.165) is 6.54 Å². The van der Waals surface area contributed by atoms with Gasteiger partial charge in [-0.25, -0.2) is 0 Å². The van der Waals surface area contributed by atoms with Crippen molar-refractivity contribution in [3.8, 4) is 0 Å². The van der Waals surface area contributed by atoms with Gasteiger partial charge in [-0.05, 0) is 27.7 Å². The first-order valence-corrected chi connectivity index (χ1v) is 6.83. The lowest BCUT2D eigenvalue weighted by molar-refractivity contribution is -0.124. The normalized spacial score (nSPS) is 23.8. The van der Waals surface area contributed by atoms with Crippen molar-refractivity contribution in [2.24, 2.45) is 0 Å². The van der Waals surface area contributed by atoms with E-state index in [0.29, 0.717) is 25.6 Å². The molecule has 0 spiro atoms. The molecular weight excluding hydrogens is 244 g/mol. The Hall–Kier alpha value is -1.14. The van der Waals surface area contributed by atoms with E-state index in [-0.39, 0.29) is 23.4 Å². The fraction of sp³-hybridized carbons (Fsp3) is 0.846. The van der Waals surface area contributed by atoms with Crippen molar-refractivity contribution in [3.63, 3.8) is 0 Å². The van der Waals surface area contributed by atoms with E-state index in [9.17, 15) is 9.59 Å². The van der Waals surface area contributed by atoms with Crippen LogP contribution in [0.5, 0.6) is 0 Å². The number of hydrogen-bond donors (Lipinski definition) is 4. The summed E-state index contributed by atoms with van der Waals surface area (Å²) in [7, 11) is 0. The van der Waals surface area contributed by atoms with Gasteiger partial charge in [-0.1, -0.05) is 0 Å². The second kappa shape index (κ2) is 6.86. The van der Waals surface area contributed by atoms with E-state index < -0.39 is 0 Å². The lowest BCUT2D eigenvalue weighted by Crippen LogP contribution is -2.59. The molecule has 2 unspecified atom stereocenters. The highest BCUT2D eigenvalue weighted by Crippen LogP contribution is 1.99. The number of rotatable bonds is 4. The van der Waals surface area contributed by atoms with Gasteiger partial charge in [0.1, 0.15) is 0 Å². The minimum Gasteiger partial charge on any atom is -0.354 e. The van der Waals surface area contributed by atoms with Crippen LogP contribution >= 0.6 is 0 Å². The third kappa shape index (κ3) is 6.54. The molecule has 0 aliphatic carbocycles. The fourth-order valence-corrected chi connectivity index (χ4v) is 1.87. The van der Waals surface area contributed by atoms with Crippen LogP contribution in [0.15, 0.2) is 0 Å². The molecule has 4 N–H and O–H groups in total. The smallest absolute Gasteiger partial charge is 0.238 e. The van der Waals surface area contributed by atoms with E-state index in [1.54, 1.807) is 0 Å². The quantitative estimate of drug-likeness (QED) is 0.547. The predicted molar refractivity (Wildman–Crippen MR) is 74.8 cm³/mol. The number of nitrogens with one attached hydrogen (secondary N) is 4. The number of piperazine rings is 1. The maximum atomic E-state index is 11.8. The molecule has 0 aromatic carbocycles. The fourth-order valence-electron chi connectivity index (χ4n) is 1.87. The van der Waals surface area contributed by atoms with Crippen LogP contribution in [0.2, 0.25) is 0 Å². The molecular formula is C13H26N4O2. The number of carbonyl (C=O) groups excluding carboxylic acids is 2. The number of hydrogen-bond acceptors (Lipinski definition) is 4. The molecule has 0 aromatic heterocycles. The van der Waals surface area contributed by atoms with Crippen molar-refractivity contribution in [2.45, 2.75) is 51.7 Å². The molecule has 0 aromatic rings. The van der Waals surface area contributed by atoms with E-state index in [4.69, 9.17) is 0 Å². The lowest BCUT2D eigenvalue weighted by Gasteiger charge is -2.28. The van der Waals surface area contributed by atoms with Crippen molar-refractivity contribution in [1.82, 2.24) is 21.3 Å². The van der Waals surface area contributed by atoms with Gasteiger partial charge in [-0.2, -0.15) is 0 Å². The standard InChI is InChI=1S/C13H26N4O2/c1-9-7-16-10(8-15-9)12(19)14-6-5-11(18)17-13(2,3)4/h9-10,15-16H,5-8H2,1-4H3,(H,14,19)(H,17,18). The van der Waals surface area contributed by atoms with Crippen molar-refractivity contribution in [2.75, 3.05) is 19.6 Å². The third-order valence-electron chi connectivity index (χ3n) is 2.82. The number of carbonyl (C=O) groups is 2. The molecule has 1 aliphatic rings. The maximum Gasteiger partial charge on any atom is 0.238 e. The van der Waals surface area contributed by atoms with Crippen LogP contribution in [-0.2, 0) is 9.59 Å². The monoisotopic (exact) mass is 270 g/mol. The summed E-state index contributed by atoms with van der Waals surface area (Å²) in [5.41, 5.74) is -0.230. The second-order valence-corrected chi connectivity index (χ2v) is 6.11. The molecule has 1 heterocycles. The molecule has 110 valence electrons. The van der Waals surface area contributed by atoms with Crippen LogP contribution in [-0.4, -0.2) is 49.1 Å². The highest BCUT2D eigenvalue weighted by atomic mass is 16.2. The van der Waals surface area contributed by atoms with Gasteiger partial charge in [-0.15, -0.1) is 0 Å². The molecule has 0 saturated carbocycles. The van der Waals surface area contributed by atoms with E-state index in [1.165, 1.54) is 0 Å². The summed E-state index contributed by atoms with van der Waals surface area (Å²) >= 11 is 0. The van der Waals surface area contributed by atoms with Crippen LogP contribution < -0.4 is 21.3 Å². The van der Waals surface area contributed by atoms with Gasteiger partial charge < -0.3 is 21.3 Å². The van der Waals surface area contributed by atoms with Crippen molar-refractivity contribution in [3.05, 3.63) is 0 Å². The summed E-state index contributed by atoms with van der Waals surface area (Å²) in [6.07, 6.45) is 0.305. The molecule has 1 aliphatic heterocycles. The predicted octanol–water partition coefficient (Wildman–Crippen LogP) is -0.643. The van der Waals surface area contributed by atoms with Gasteiger partial charge in [0, 0.05) is 37.6 Å². The molecule has 0 radical (unpaired) electrons. The Morgan fingerprint density at radius 2 is 1.89 bits per heavy atom. The zero-order valence-corrected chi connectivity index (χ0v) is 12.3. The van der Waals surface area contributed by atoms with Gasteiger partial charge in [0.05, 0.1) is 6.04 Å². The van der Waals surface area contributed by atoms with Gasteiger partial charge in [0.25, 0.3) is 0 Å². The summed E-state index contributed by atoms with van der Waals surface area (Å²) in [4.78, 5) is 23.4. The van der Waals surface area contributed by atoms with Gasteiger partial charge in [0.2, 0.25) is 11.8 Å². The molecule has 1 fully saturated rings. The van der Waals surface area contributed by atoms with Crippen molar-refractivity contribution in [1.29, 1.82) is 0 Å². The average Bonchev–Trinajstić information content (AvgIpc) is 2.27. The highest BCUT2D eigenvalue weighted by molar-refractivity contribution is 5.83. The topological polar surface area (TPSA) is 82.3 Å². The summed E-state index contributed by atoms with van der Waals surface area (Å²) in [5.74, 6) is -0.0980. The first-order valence-electron chi connectivity index (χ1n) is 6.83. The zero-order valence-electron chi connectivity index (χ0n) is 12.3. The van der Waals surface area contributed by atoms with Gasteiger partial charge in [0.15, 0.2) is 0 Å². The van der Waals surface area contributed by atoms with E-state index >= 15 is 0 Å². The van der Waals surface area contributed by atoms with Gasteiger partial charge >= 0.3 is 0 Å². The highest BCUT2D eigenvalue weighted by Gasteiger charge is 2.23. The number of amides is 2. The minimum atomic E-state index is -0.230. The van der Waals surface area contributed by atoms with Crippen LogP contribution in [0.1, 0.15) is 34.1 Å². The van der Waals surface area contributed by atoms with Crippen LogP contribution in [0, 0.1) is 0 Å². The van der Waals surface area contributed by atoms with Gasteiger partial charge in [-0.3, -0.25) is 9.59 Å². The van der Waals surface area contributed by atoms with E-state index in [1.807, 2.05) is 20.8 Å². The second-order valence-electron chi connectivity index (χ2n) is 6.11. The summed E-state index contributed by atoms with van der Waals surface area (Å²) < 4.78 is 0. The summed E-state index contributed by atoms with van der Waals surface area (Å²) in [5, 5.41) is 12.1. The largest absolute Gasteiger partial charge is 0.354 e. The van der Waals surface area contributed by atoms with Crippen LogP contribution in [0.3, 0.4) is 0 Å². The molecule has 1 rings (SSSR count). The van der Waals surface area contributed by atoms with Crippen LogP contribution in [0.25, 0.3) is 0 Å². The molecule has 6 nitrogen and oxygen atoms in total. The lowest BCUT2D eigenvalue weighted by atomic mass is 10.1. The molecule has 19 heavy (non-hydrogen) atoms. The minimum absolute atomic E-state index is 0.0452. The average molecular weight is 270 g/mol. The Morgan fingerprint density at radius 1 is 1.21 bits per heavy atom. The Labute approximate surface area is 115 Å². The summed E-state index contributed by atoms with van der Waals surface area (Å²) in [6.45, 7) is 9.64. The molecule has 2 atom stereocenters. The zero-order chi connectivity index (χ0) is 14.5. The molecule has 0 bridgehead atoms. The Kier molecular flexibility index (Phi) is 5.75. The molecule has 6 heteroatoms. The van der Waals surface area contributed by atoms with Crippen LogP contribution in [0.4, 0.5) is 0 Å². The van der Waals surface area contributed by atoms with Crippen molar-refractivity contribution < 1.29 is 9.59 Å². The van der Waals surface area contributed by atoms with Crippen molar-refractivity contribution >= 4 is 11.8 Å². The maximum absolute atomic E-state index is 11.8. The Bertz CT molecular complexity index is 317. The first-order chi connectivity index (χ1) is 8.78. The Balaban J connectivity index is 2.18. The molecule has 1 saturated heterocycles.